The Balaban J connectivity index is 1.55. The smallest absolute Gasteiger partial charge is 0.268 e. The maximum atomic E-state index is 13.5. The van der Waals surface area contributed by atoms with Gasteiger partial charge >= 0.3 is 0 Å². The van der Waals surface area contributed by atoms with Crippen LogP contribution in [0.3, 0.4) is 0 Å². The van der Waals surface area contributed by atoms with Gasteiger partial charge in [0, 0.05) is 6.20 Å². The van der Waals surface area contributed by atoms with Gasteiger partial charge in [0.05, 0.1) is 41.3 Å². The highest BCUT2D eigenvalue weighted by atomic mass is 16.3. The summed E-state index contributed by atoms with van der Waals surface area (Å²) in [5.74, 6) is 1.19. The summed E-state index contributed by atoms with van der Waals surface area (Å²) >= 11 is 0. The highest BCUT2D eigenvalue weighted by Gasteiger charge is 2.43. The molecule has 0 unspecified atom stereocenters. The lowest BCUT2D eigenvalue weighted by Gasteiger charge is -2.39. The number of anilines is 2. The number of aromatic amines is 1. The lowest BCUT2D eigenvalue weighted by molar-refractivity contribution is 0.0998. The minimum absolute atomic E-state index is 0.170. The van der Waals surface area contributed by atoms with Gasteiger partial charge in [0.25, 0.3) is 5.91 Å². The summed E-state index contributed by atoms with van der Waals surface area (Å²) < 4.78 is 5.54. The molecule has 3 aromatic heterocycles. The number of amides is 1. The number of hydrazine groups is 1. The molecule has 0 spiro atoms. The molecule has 9 heteroatoms. The van der Waals surface area contributed by atoms with E-state index in [1.54, 1.807) is 23.6 Å². The number of furan rings is 1. The zero-order chi connectivity index (χ0) is 19.4. The van der Waals surface area contributed by atoms with Crippen LogP contribution in [-0.2, 0) is 6.54 Å². The van der Waals surface area contributed by atoms with Crippen molar-refractivity contribution in [2.75, 3.05) is 16.6 Å². The van der Waals surface area contributed by atoms with Crippen LogP contribution in [0.1, 0.15) is 16.1 Å². The second kappa shape index (κ2) is 6.01. The van der Waals surface area contributed by atoms with Crippen molar-refractivity contribution in [3.05, 3.63) is 72.4 Å². The van der Waals surface area contributed by atoms with Crippen LogP contribution in [0.2, 0.25) is 0 Å². The molecule has 29 heavy (non-hydrogen) atoms. The average Bonchev–Trinajstić information content (AvgIpc) is 3.50. The van der Waals surface area contributed by atoms with E-state index in [9.17, 15) is 4.79 Å². The van der Waals surface area contributed by atoms with Gasteiger partial charge in [-0.2, -0.15) is 10.1 Å². The number of rotatable bonds is 3. The van der Waals surface area contributed by atoms with Crippen molar-refractivity contribution >= 4 is 34.3 Å². The van der Waals surface area contributed by atoms with E-state index in [-0.39, 0.29) is 5.91 Å². The molecule has 9 nitrogen and oxygen atoms in total. The first kappa shape index (κ1) is 16.0. The highest BCUT2D eigenvalue weighted by Crippen LogP contribution is 2.39. The molecular formula is C20H15N7O2. The van der Waals surface area contributed by atoms with Gasteiger partial charge in [-0.3, -0.25) is 9.89 Å². The van der Waals surface area contributed by atoms with Crippen molar-refractivity contribution in [3.8, 4) is 0 Å². The predicted octanol–water partition coefficient (Wildman–Crippen LogP) is 2.76. The number of H-pyrrole nitrogens is 1. The molecule has 6 rings (SSSR count). The minimum atomic E-state index is -0.170. The van der Waals surface area contributed by atoms with E-state index in [1.807, 2.05) is 52.5 Å². The Hall–Kier alpha value is -3.98. The molecule has 0 bridgehead atoms. The fourth-order valence-corrected chi connectivity index (χ4v) is 3.80. The number of benzene rings is 1. The van der Waals surface area contributed by atoms with Crippen molar-refractivity contribution in [2.45, 2.75) is 6.54 Å². The molecule has 1 N–H and O–H groups in total. The number of para-hydroxylation sites is 1. The monoisotopic (exact) mass is 385 g/mol. The lowest BCUT2D eigenvalue weighted by atomic mass is 10.1. The molecule has 0 atom stereocenters. The fourth-order valence-electron chi connectivity index (χ4n) is 3.80. The summed E-state index contributed by atoms with van der Waals surface area (Å²) in [7, 11) is 0. The maximum Gasteiger partial charge on any atom is 0.268 e. The van der Waals surface area contributed by atoms with Crippen LogP contribution in [0.4, 0.5) is 11.4 Å². The molecule has 0 aliphatic carbocycles. The Morgan fingerprint density at radius 3 is 2.83 bits per heavy atom. The van der Waals surface area contributed by atoms with Crippen LogP contribution in [0.15, 0.2) is 70.5 Å². The second-order valence-corrected chi connectivity index (χ2v) is 6.78. The summed E-state index contributed by atoms with van der Waals surface area (Å²) in [5.41, 5.74) is 2.59. The van der Waals surface area contributed by atoms with Crippen molar-refractivity contribution in [3.63, 3.8) is 0 Å². The van der Waals surface area contributed by atoms with Crippen molar-refractivity contribution in [1.29, 1.82) is 0 Å². The number of pyridine rings is 1. The van der Waals surface area contributed by atoms with E-state index in [0.29, 0.717) is 30.4 Å². The number of carbonyl (C=O) groups is 1. The predicted molar refractivity (Wildman–Crippen MR) is 106 cm³/mol. The SMILES string of the molecule is O=C1c2cnc3[nH]ncc3c2N2C(=NCN2Cc2ccco2)N1c1ccccc1. The summed E-state index contributed by atoms with van der Waals surface area (Å²) in [5, 5.41) is 11.7. The standard InChI is InChI=1S/C20H15N7O2/c28-19-16-9-21-18-15(10-23-24-18)17(16)27-20(26(19)13-5-2-1-3-6-13)22-12-25(27)11-14-7-4-8-29-14/h1-10H,11-12H2,(H,21,23,24). The van der Waals surface area contributed by atoms with Gasteiger partial charge < -0.3 is 4.42 Å². The quantitative estimate of drug-likeness (QED) is 0.583. The Kier molecular flexibility index (Phi) is 3.32. The number of carbonyl (C=O) groups excluding carboxylic acids is 1. The summed E-state index contributed by atoms with van der Waals surface area (Å²) in [4.78, 5) is 24.2. The van der Waals surface area contributed by atoms with Crippen LogP contribution >= 0.6 is 0 Å². The van der Waals surface area contributed by atoms with Crippen molar-refractivity contribution in [2.24, 2.45) is 4.99 Å². The van der Waals surface area contributed by atoms with Gasteiger partial charge in [0.15, 0.2) is 5.65 Å². The molecule has 4 aromatic rings. The van der Waals surface area contributed by atoms with E-state index < -0.39 is 0 Å². The molecule has 0 saturated carbocycles. The number of hydrogen-bond donors (Lipinski definition) is 1. The van der Waals surface area contributed by atoms with Gasteiger partial charge in [-0.15, -0.1) is 0 Å². The molecule has 1 amide bonds. The van der Waals surface area contributed by atoms with Gasteiger partial charge in [-0.25, -0.2) is 19.9 Å². The van der Waals surface area contributed by atoms with Crippen molar-refractivity contribution < 1.29 is 9.21 Å². The zero-order valence-electron chi connectivity index (χ0n) is 15.2. The Labute approximate surface area is 164 Å². The van der Waals surface area contributed by atoms with Gasteiger partial charge in [-0.1, -0.05) is 18.2 Å². The van der Waals surface area contributed by atoms with Gasteiger partial charge in [0.1, 0.15) is 12.4 Å². The molecule has 1 aromatic carbocycles. The largest absolute Gasteiger partial charge is 0.468 e. The third-order valence-corrected chi connectivity index (χ3v) is 5.08. The van der Waals surface area contributed by atoms with Crippen LogP contribution in [-0.4, -0.2) is 38.7 Å². The topological polar surface area (TPSA) is 93.9 Å². The van der Waals surface area contributed by atoms with Crippen molar-refractivity contribution in [1.82, 2.24) is 20.2 Å². The molecule has 0 radical (unpaired) electrons. The Morgan fingerprint density at radius 2 is 2.00 bits per heavy atom. The lowest BCUT2D eigenvalue weighted by Crippen LogP contribution is -2.55. The molecule has 0 fully saturated rings. The zero-order valence-corrected chi connectivity index (χ0v) is 15.2. The normalized spacial score (nSPS) is 16.3. The fraction of sp³-hybridized carbons (Fsp3) is 0.100. The number of aromatic nitrogens is 3. The Bertz CT molecular complexity index is 1250. The molecule has 2 aliphatic heterocycles. The Morgan fingerprint density at radius 1 is 1.10 bits per heavy atom. The van der Waals surface area contributed by atoms with E-state index >= 15 is 0 Å². The number of aliphatic imine (C=N–C) groups is 1. The molecule has 2 aliphatic rings. The van der Waals surface area contributed by atoms with Crippen LogP contribution < -0.4 is 9.91 Å². The van der Waals surface area contributed by atoms with E-state index in [4.69, 9.17) is 9.41 Å². The number of nitrogens with zero attached hydrogens (tertiary/aromatic N) is 6. The first-order chi connectivity index (χ1) is 14.3. The third-order valence-electron chi connectivity index (χ3n) is 5.08. The van der Waals surface area contributed by atoms with E-state index in [0.717, 1.165) is 22.5 Å². The number of fused-ring (bicyclic) bond motifs is 5. The number of nitrogens with one attached hydrogen (secondary N) is 1. The van der Waals surface area contributed by atoms with E-state index in [1.165, 1.54) is 0 Å². The second-order valence-electron chi connectivity index (χ2n) is 6.78. The molecular weight excluding hydrogens is 370 g/mol. The number of hydrogen-bond acceptors (Lipinski definition) is 7. The third kappa shape index (κ3) is 2.31. The first-order valence-electron chi connectivity index (χ1n) is 9.14. The minimum Gasteiger partial charge on any atom is -0.468 e. The highest BCUT2D eigenvalue weighted by molar-refractivity contribution is 6.33. The summed E-state index contributed by atoms with van der Waals surface area (Å²) in [6, 6.07) is 13.3. The van der Waals surface area contributed by atoms with Crippen LogP contribution in [0.5, 0.6) is 0 Å². The van der Waals surface area contributed by atoms with Gasteiger partial charge in [0.2, 0.25) is 5.96 Å². The molecule has 5 heterocycles. The molecule has 0 saturated heterocycles. The van der Waals surface area contributed by atoms with E-state index in [2.05, 4.69) is 15.2 Å². The van der Waals surface area contributed by atoms with Crippen LogP contribution in [0.25, 0.3) is 11.0 Å². The maximum absolute atomic E-state index is 13.5. The average molecular weight is 385 g/mol. The van der Waals surface area contributed by atoms with Crippen LogP contribution in [0, 0.1) is 0 Å². The summed E-state index contributed by atoms with van der Waals surface area (Å²) in [6.45, 7) is 0.908. The summed E-state index contributed by atoms with van der Waals surface area (Å²) in [6.07, 6.45) is 4.93. The molecule has 142 valence electrons. The number of guanidine groups is 1. The van der Waals surface area contributed by atoms with Gasteiger partial charge in [-0.05, 0) is 24.3 Å². The first-order valence-corrected chi connectivity index (χ1v) is 9.14.